The van der Waals surface area contributed by atoms with E-state index >= 15 is 0 Å². The quantitative estimate of drug-likeness (QED) is 0.155. The molecule has 12 rings (SSSR count). The number of hydrogen-bond acceptors (Lipinski definition) is 1. The Morgan fingerprint density at radius 1 is 0.462 bits per heavy atom. The van der Waals surface area contributed by atoms with Crippen LogP contribution in [0.15, 0.2) is 249 Å². The first-order chi connectivity index (χ1) is 32.3. The predicted molar refractivity (Wildman–Crippen MR) is 273 cm³/mol. The summed E-state index contributed by atoms with van der Waals surface area (Å²) in [5.74, 6) is 0.195. The lowest BCUT2D eigenvalue weighted by Gasteiger charge is -2.44. The van der Waals surface area contributed by atoms with E-state index in [0.29, 0.717) is 0 Å². The van der Waals surface area contributed by atoms with Crippen molar-refractivity contribution in [3.05, 3.63) is 299 Å². The van der Waals surface area contributed by atoms with Gasteiger partial charge in [0.15, 0.2) is 0 Å². The number of benzene rings is 9. The van der Waals surface area contributed by atoms with Crippen molar-refractivity contribution in [3.8, 4) is 22.3 Å². The molecule has 1 heteroatoms. The van der Waals surface area contributed by atoms with E-state index in [1.807, 2.05) is 0 Å². The van der Waals surface area contributed by atoms with Crippen molar-refractivity contribution in [2.45, 2.75) is 24.2 Å². The van der Waals surface area contributed by atoms with Crippen molar-refractivity contribution in [2.75, 3.05) is 4.90 Å². The third-order valence-corrected chi connectivity index (χ3v) is 13.9. The summed E-state index contributed by atoms with van der Waals surface area (Å²) in [6, 6.07) is 85.8. The Kier molecular flexibility index (Phi) is 9.68. The van der Waals surface area contributed by atoms with Crippen LogP contribution >= 0.6 is 0 Å². The van der Waals surface area contributed by atoms with E-state index in [4.69, 9.17) is 0 Å². The molecule has 0 radical (unpaired) electrons. The normalized spacial score (nSPS) is 17.4. The Bertz CT molecular complexity index is 3300. The average molecular weight is 830 g/mol. The van der Waals surface area contributed by atoms with E-state index < -0.39 is 5.41 Å². The summed E-state index contributed by atoms with van der Waals surface area (Å²) in [6.07, 6.45) is 11.2. The van der Waals surface area contributed by atoms with Gasteiger partial charge >= 0.3 is 0 Å². The van der Waals surface area contributed by atoms with Crippen LogP contribution in [0.2, 0.25) is 0 Å². The molecule has 2 atom stereocenters. The minimum absolute atomic E-state index is 0.195. The van der Waals surface area contributed by atoms with Crippen molar-refractivity contribution >= 4 is 34.3 Å². The van der Waals surface area contributed by atoms with Crippen LogP contribution in [0.5, 0.6) is 0 Å². The third-order valence-electron chi connectivity index (χ3n) is 13.9. The molecule has 0 amide bonds. The number of hydrogen-bond donors (Lipinski definition) is 0. The maximum Gasteiger partial charge on any atom is 0.0711 e. The first-order valence-corrected chi connectivity index (χ1v) is 22.9. The molecule has 2 unspecified atom stereocenters. The second-order valence-corrected chi connectivity index (χ2v) is 17.5. The van der Waals surface area contributed by atoms with Gasteiger partial charge in [-0.3, -0.25) is 0 Å². The fourth-order valence-electron chi connectivity index (χ4n) is 11.2. The fourth-order valence-corrected chi connectivity index (χ4v) is 11.2. The van der Waals surface area contributed by atoms with Gasteiger partial charge in [0.2, 0.25) is 0 Å². The molecule has 308 valence electrons. The average Bonchev–Trinajstić information content (AvgIpc) is 3.38. The zero-order valence-electron chi connectivity index (χ0n) is 36.2. The number of anilines is 3. The van der Waals surface area contributed by atoms with Crippen LogP contribution in [0.3, 0.4) is 0 Å². The van der Waals surface area contributed by atoms with E-state index in [2.05, 4.69) is 260 Å². The van der Waals surface area contributed by atoms with Crippen LogP contribution in [0.4, 0.5) is 17.1 Å². The number of allylic oxidation sites excluding steroid dienone is 5. The summed E-state index contributed by atoms with van der Waals surface area (Å²) in [7, 11) is 0. The van der Waals surface area contributed by atoms with E-state index in [-0.39, 0.29) is 5.92 Å². The maximum atomic E-state index is 2.48. The van der Waals surface area contributed by atoms with Crippen LogP contribution in [0, 0.1) is 0 Å². The molecule has 0 spiro atoms. The summed E-state index contributed by atoms with van der Waals surface area (Å²) in [4.78, 5) is 2.45. The Balaban J connectivity index is 1.13. The summed E-state index contributed by atoms with van der Waals surface area (Å²) in [6.45, 7) is 0. The highest BCUT2D eigenvalue weighted by Gasteiger charge is 2.45. The molecule has 0 aliphatic heterocycles. The van der Waals surface area contributed by atoms with E-state index in [9.17, 15) is 0 Å². The molecular formula is C64H47N. The van der Waals surface area contributed by atoms with E-state index in [0.717, 1.165) is 29.9 Å². The van der Waals surface area contributed by atoms with Gasteiger partial charge in [-0.25, -0.2) is 0 Å². The molecule has 0 fully saturated rings. The second kappa shape index (κ2) is 16.3. The van der Waals surface area contributed by atoms with Crippen LogP contribution in [-0.2, 0) is 11.8 Å². The summed E-state index contributed by atoms with van der Waals surface area (Å²) < 4.78 is 0. The van der Waals surface area contributed by atoms with Crippen LogP contribution in [0.25, 0.3) is 39.5 Å². The first kappa shape index (κ1) is 38.7. The second-order valence-electron chi connectivity index (χ2n) is 17.5. The maximum absolute atomic E-state index is 2.48. The van der Waals surface area contributed by atoms with Crippen LogP contribution in [0.1, 0.15) is 62.4 Å². The molecule has 0 N–H and O–H groups in total. The standard InChI is InChI=1S/C64H47N/c1-5-21-45(22-6-1)41-48-42-47-25-13-14-32-54(47)60-44-53(39-40-55(48)60)65(51-29-11-4-12-30-51)52-31-19-28-50(43-52)64(49-26-9-3-10-27-49)61-37-18-17-35-58(61)56-33-15-16-34-57(56)59-36-20-38-62(64)63(59)46-23-7-2-8-24-46/h1-32,34-41,43-44,56H,33,42H2. The molecule has 0 saturated heterocycles. The van der Waals surface area contributed by atoms with E-state index in [1.54, 1.807) is 0 Å². The Labute approximate surface area is 382 Å². The largest absolute Gasteiger partial charge is 0.310 e. The van der Waals surface area contributed by atoms with Crippen molar-refractivity contribution in [2.24, 2.45) is 0 Å². The van der Waals surface area contributed by atoms with Gasteiger partial charge in [-0.05, 0) is 133 Å². The molecule has 9 aromatic carbocycles. The fraction of sp³-hybridized carbons (Fsp3) is 0.0625. The molecule has 0 saturated carbocycles. The molecule has 2 bridgehead atoms. The SMILES string of the molecule is C1=CCC2C(=C1)c1cccc(c1-c1ccccc1)C(c1ccccc1)(c1cccc(N(c3ccccc3)c3ccc4c(c3)-c3ccccc3CC4=Cc3ccccc3)c1)c1ccccc12. The van der Waals surface area contributed by atoms with Crippen molar-refractivity contribution < 1.29 is 0 Å². The minimum atomic E-state index is -0.684. The van der Waals surface area contributed by atoms with E-state index in [1.165, 1.54) is 83.5 Å². The minimum Gasteiger partial charge on any atom is -0.310 e. The summed E-state index contributed by atoms with van der Waals surface area (Å²) in [5, 5.41) is 0. The molecule has 3 aliphatic rings. The lowest BCUT2D eigenvalue weighted by Crippen LogP contribution is -2.35. The molecule has 1 nitrogen and oxygen atoms in total. The molecule has 9 aromatic rings. The first-order valence-electron chi connectivity index (χ1n) is 22.9. The third kappa shape index (κ3) is 6.54. The molecule has 0 heterocycles. The smallest absolute Gasteiger partial charge is 0.0711 e. The monoisotopic (exact) mass is 829 g/mol. The lowest BCUT2D eigenvalue weighted by atomic mass is 9.58. The van der Waals surface area contributed by atoms with Crippen molar-refractivity contribution in [1.29, 1.82) is 0 Å². The highest BCUT2D eigenvalue weighted by molar-refractivity contribution is 5.97. The zero-order valence-corrected chi connectivity index (χ0v) is 36.2. The van der Waals surface area contributed by atoms with Crippen molar-refractivity contribution in [3.63, 3.8) is 0 Å². The molecule has 0 aromatic heterocycles. The molecule has 3 aliphatic carbocycles. The predicted octanol–water partition coefficient (Wildman–Crippen LogP) is 16.4. The molecular weight excluding hydrogens is 783 g/mol. The van der Waals surface area contributed by atoms with Gasteiger partial charge < -0.3 is 4.90 Å². The van der Waals surface area contributed by atoms with Crippen LogP contribution in [-0.4, -0.2) is 0 Å². The van der Waals surface area contributed by atoms with Gasteiger partial charge in [0.05, 0.1) is 5.41 Å². The highest BCUT2D eigenvalue weighted by atomic mass is 15.1. The van der Waals surface area contributed by atoms with Gasteiger partial charge in [-0.1, -0.05) is 218 Å². The van der Waals surface area contributed by atoms with Gasteiger partial charge in [-0.2, -0.15) is 0 Å². The Morgan fingerprint density at radius 2 is 1.09 bits per heavy atom. The topological polar surface area (TPSA) is 3.24 Å². The zero-order chi connectivity index (χ0) is 43.2. The van der Waals surface area contributed by atoms with Gasteiger partial charge in [0.25, 0.3) is 0 Å². The Hall–Kier alpha value is -8.00. The number of nitrogens with zero attached hydrogens (tertiary/aromatic N) is 1. The summed E-state index contributed by atoms with van der Waals surface area (Å²) >= 11 is 0. The number of para-hydroxylation sites is 1. The Morgan fingerprint density at radius 3 is 1.92 bits per heavy atom. The lowest BCUT2D eigenvalue weighted by molar-refractivity contribution is 0.712. The number of fused-ring (bicyclic) bond motifs is 9. The van der Waals surface area contributed by atoms with Gasteiger partial charge in [0, 0.05) is 23.0 Å². The van der Waals surface area contributed by atoms with Crippen molar-refractivity contribution in [1.82, 2.24) is 0 Å². The number of rotatable bonds is 7. The van der Waals surface area contributed by atoms with Gasteiger partial charge in [0.1, 0.15) is 0 Å². The van der Waals surface area contributed by atoms with Crippen LogP contribution < -0.4 is 4.90 Å². The molecule has 65 heavy (non-hydrogen) atoms. The summed E-state index contributed by atoms with van der Waals surface area (Å²) in [5.41, 5.74) is 22.0. The van der Waals surface area contributed by atoms with Gasteiger partial charge in [-0.15, -0.1) is 0 Å². The highest BCUT2D eigenvalue weighted by Crippen LogP contribution is 2.57.